The molecular weight excluding hydrogens is 302 g/mol. The van der Waals surface area contributed by atoms with Crippen LogP contribution < -0.4 is 21.5 Å². The molecule has 3 atom stereocenters. The van der Waals surface area contributed by atoms with Gasteiger partial charge in [0.15, 0.2) is 6.04 Å². The van der Waals surface area contributed by atoms with Crippen LogP contribution in [0.15, 0.2) is 24.3 Å². The van der Waals surface area contributed by atoms with Crippen LogP contribution in [0.4, 0.5) is 0 Å². The van der Waals surface area contributed by atoms with Crippen molar-refractivity contribution in [1.82, 2.24) is 10.6 Å². The molecule has 2 amide bonds. The third-order valence-electron chi connectivity index (χ3n) is 3.18. The number of aliphatic carboxylic acids is 1. The first kappa shape index (κ1) is 18.4. The summed E-state index contributed by atoms with van der Waals surface area (Å²) < 4.78 is 0. The van der Waals surface area contributed by atoms with E-state index in [1.54, 1.807) is 19.1 Å². The maximum atomic E-state index is 12.0. The first-order valence-corrected chi connectivity index (χ1v) is 7.13. The third-order valence-corrected chi connectivity index (χ3v) is 3.18. The van der Waals surface area contributed by atoms with Gasteiger partial charge in [0, 0.05) is 0 Å². The van der Waals surface area contributed by atoms with E-state index in [9.17, 15) is 24.6 Å². The summed E-state index contributed by atoms with van der Waals surface area (Å²) in [6.07, 6.45) is 0.000750. The van der Waals surface area contributed by atoms with Crippen LogP contribution >= 0.6 is 0 Å². The second-order valence-corrected chi connectivity index (χ2v) is 5.38. The number of benzene rings is 1. The molecule has 0 radical (unpaired) electrons. The van der Waals surface area contributed by atoms with E-state index in [1.165, 1.54) is 19.1 Å². The first-order valence-electron chi connectivity index (χ1n) is 7.13. The van der Waals surface area contributed by atoms with E-state index in [0.717, 1.165) is 0 Å². The lowest BCUT2D eigenvalue weighted by atomic mass is 10.1. The fourth-order valence-corrected chi connectivity index (χ4v) is 1.78. The van der Waals surface area contributed by atoms with Crippen LogP contribution in [0.3, 0.4) is 0 Å². The van der Waals surface area contributed by atoms with E-state index in [-0.39, 0.29) is 12.2 Å². The molecule has 8 heteroatoms. The number of phenols is 1. The van der Waals surface area contributed by atoms with Gasteiger partial charge in [0.2, 0.25) is 5.91 Å². The van der Waals surface area contributed by atoms with E-state index in [4.69, 9.17) is 0 Å². The number of carbonyl (C=O) groups is 3. The molecule has 8 nitrogen and oxygen atoms in total. The van der Waals surface area contributed by atoms with Gasteiger partial charge < -0.3 is 31.4 Å². The highest BCUT2D eigenvalue weighted by atomic mass is 16.4. The second kappa shape index (κ2) is 8.14. The van der Waals surface area contributed by atoms with Gasteiger partial charge in [-0.3, -0.25) is 9.59 Å². The van der Waals surface area contributed by atoms with Crippen LogP contribution in [0.2, 0.25) is 0 Å². The summed E-state index contributed by atoms with van der Waals surface area (Å²) in [7, 11) is 0. The Hall–Kier alpha value is -2.61. The van der Waals surface area contributed by atoms with E-state index in [1.807, 2.05) is 0 Å². The van der Waals surface area contributed by atoms with Crippen molar-refractivity contribution >= 4 is 17.8 Å². The summed E-state index contributed by atoms with van der Waals surface area (Å²) in [5.74, 6) is -2.42. The van der Waals surface area contributed by atoms with Crippen molar-refractivity contribution in [3.63, 3.8) is 0 Å². The molecule has 0 aliphatic carbocycles. The standard InChI is InChI=1S/C15H21N3O5/c1-8(16)13(20)17-9(2)14(21)18-12(15(22)23)7-10-3-5-11(19)6-4-10/h3-6,8-9,12,19H,7,16H2,1-2H3,(H,17,20)(H,18,21)(H,22,23)/t8-,9-,12-/m0/s1. The normalized spacial score (nSPS) is 14.4. The fourth-order valence-electron chi connectivity index (χ4n) is 1.78. The first-order chi connectivity index (χ1) is 10.7. The quantitative estimate of drug-likeness (QED) is 0.431. The number of quaternary nitrogens is 1. The van der Waals surface area contributed by atoms with Gasteiger partial charge in [-0.15, -0.1) is 0 Å². The summed E-state index contributed by atoms with van der Waals surface area (Å²) in [5.41, 5.74) is 4.15. The lowest BCUT2D eigenvalue weighted by Gasteiger charge is -2.22. The average molecular weight is 323 g/mol. The van der Waals surface area contributed by atoms with Gasteiger partial charge in [0.05, 0.1) is 12.0 Å². The molecule has 0 aliphatic rings. The van der Waals surface area contributed by atoms with E-state index >= 15 is 0 Å². The molecule has 1 rings (SSSR count). The van der Waals surface area contributed by atoms with Gasteiger partial charge in [-0.25, -0.2) is 0 Å². The van der Waals surface area contributed by atoms with Crippen molar-refractivity contribution < 1.29 is 30.3 Å². The number of phenolic OH excluding ortho intramolecular Hbond substituents is 1. The monoisotopic (exact) mass is 323 g/mol. The highest BCUT2D eigenvalue weighted by Crippen LogP contribution is 2.11. The van der Waals surface area contributed by atoms with Crippen LogP contribution in [0.5, 0.6) is 5.75 Å². The van der Waals surface area contributed by atoms with E-state index in [0.29, 0.717) is 5.56 Å². The molecule has 0 fully saturated rings. The molecule has 23 heavy (non-hydrogen) atoms. The zero-order chi connectivity index (χ0) is 17.6. The van der Waals surface area contributed by atoms with Crippen molar-refractivity contribution in [2.24, 2.45) is 0 Å². The van der Waals surface area contributed by atoms with Crippen LogP contribution in [0.25, 0.3) is 0 Å². The number of hydrogen-bond donors (Lipinski definition) is 4. The summed E-state index contributed by atoms with van der Waals surface area (Å²) in [6.45, 7) is 3.03. The SMILES string of the molecule is C[C@H]([NH3+])C(=O)N[C@@H](C)C(=O)N[C@@H](Cc1ccc(O)cc1)C(=O)[O-]. The number of rotatable bonds is 7. The van der Waals surface area contributed by atoms with Gasteiger partial charge >= 0.3 is 0 Å². The van der Waals surface area contributed by atoms with Gasteiger partial charge in [0.25, 0.3) is 5.91 Å². The van der Waals surface area contributed by atoms with Gasteiger partial charge in [-0.05, 0) is 38.0 Å². The second-order valence-electron chi connectivity index (χ2n) is 5.38. The Labute approximate surface area is 133 Å². The Morgan fingerprint density at radius 2 is 1.70 bits per heavy atom. The fraction of sp³-hybridized carbons (Fsp3) is 0.400. The number of hydrogen-bond acceptors (Lipinski definition) is 5. The molecule has 0 saturated heterocycles. The molecule has 6 N–H and O–H groups in total. The number of carboxylic acids is 1. The maximum absolute atomic E-state index is 12.0. The maximum Gasteiger partial charge on any atom is 0.278 e. The van der Waals surface area contributed by atoms with E-state index in [2.05, 4.69) is 16.4 Å². The molecule has 126 valence electrons. The van der Waals surface area contributed by atoms with Crippen LogP contribution in [-0.4, -0.2) is 41.0 Å². The minimum absolute atomic E-state index is 0.000750. The molecule has 0 heterocycles. The summed E-state index contributed by atoms with van der Waals surface area (Å²) in [4.78, 5) is 34.7. The third kappa shape index (κ3) is 5.95. The molecule has 1 aromatic carbocycles. The van der Waals surface area contributed by atoms with Gasteiger partial charge in [-0.2, -0.15) is 0 Å². The van der Waals surface area contributed by atoms with Crippen molar-refractivity contribution in [2.75, 3.05) is 0 Å². The van der Waals surface area contributed by atoms with Crippen molar-refractivity contribution in [3.8, 4) is 5.75 Å². The smallest absolute Gasteiger partial charge is 0.278 e. The Morgan fingerprint density at radius 3 is 2.17 bits per heavy atom. The Bertz CT molecular complexity index is 571. The highest BCUT2D eigenvalue weighted by molar-refractivity contribution is 5.90. The molecule has 0 saturated carbocycles. The lowest BCUT2D eigenvalue weighted by molar-refractivity contribution is -0.398. The number of carboxylic acid groups (broad SMARTS) is 1. The Morgan fingerprint density at radius 1 is 1.13 bits per heavy atom. The summed E-state index contributed by atoms with van der Waals surface area (Å²) in [5, 5.41) is 25.1. The van der Waals surface area contributed by atoms with Crippen LogP contribution in [0.1, 0.15) is 19.4 Å². The predicted molar refractivity (Wildman–Crippen MR) is 78.7 cm³/mol. The Kier molecular flexibility index (Phi) is 6.52. The summed E-state index contributed by atoms with van der Waals surface area (Å²) >= 11 is 0. The molecule has 0 bridgehead atoms. The van der Waals surface area contributed by atoms with Gasteiger partial charge in [-0.1, -0.05) is 12.1 Å². The van der Waals surface area contributed by atoms with Crippen molar-refractivity contribution in [2.45, 2.75) is 38.4 Å². The average Bonchev–Trinajstić information content (AvgIpc) is 2.48. The lowest BCUT2D eigenvalue weighted by Crippen LogP contribution is -2.67. The minimum atomic E-state index is -1.43. The van der Waals surface area contributed by atoms with Crippen molar-refractivity contribution in [3.05, 3.63) is 29.8 Å². The largest absolute Gasteiger partial charge is 0.548 e. The zero-order valence-corrected chi connectivity index (χ0v) is 13.0. The van der Waals surface area contributed by atoms with Gasteiger partial charge in [0.1, 0.15) is 11.8 Å². The van der Waals surface area contributed by atoms with Crippen LogP contribution in [0, 0.1) is 0 Å². The predicted octanol–water partition coefficient (Wildman–Crippen LogP) is -2.70. The molecule has 0 spiro atoms. The minimum Gasteiger partial charge on any atom is -0.548 e. The van der Waals surface area contributed by atoms with E-state index < -0.39 is 35.9 Å². The molecular formula is C15H21N3O5. The number of amides is 2. The number of nitrogens with one attached hydrogen (secondary N) is 2. The Balaban J connectivity index is 2.68. The topological polar surface area (TPSA) is 146 Å². The zero-order valence-electron chi connectivity index (χ0n) is 13.0. The summed E-state index contributed by atoms with van der Waals surface area (Å²) in [6, 6.07) is 3.26. The van der Waals surface area contributed by atoms with Crippen LogP contribution in [-0.2, 0) is 20.8 Å². The number of aromatic hydroxyl groups is 1. The highest BCUT2D eigenvalue weighted by Gasteiger charge is 2.22. The molecule has 0 aliphatic heterocycles. The molecule has 1 aromatic rings. The van der Waals surface area contributed by atoms with Crippen molar-refractivity contribution in [1.29, 1.82) is 0 Å². The molecule has 0 unspecified atom stereocenters. The number of carbonyl (C=O) groups excluding carboxylic acids is 3. The molecule has 0 aromatic heterocycles.